The van der Waals surface area contributed by atoms with E-state index in [0.29, 0.717) is 24.5 Å². The number of unbranched alkanes of at least 4 members (excludes halogenated alkanes) is 1. The van der Waals surface area contributed by atoms with Gasteiger partial charge in [0.1, 0.15) is 6.23 Å². The van der Waals surface area contributed by atoms with Crippen LogP contribution < -0.4 is 0 Å². The second-order valence-corrected chi connectivity index (χ2v) is 7.69. The Morgan fingerprint density at radius 1 is 1.36 bits per heavy atom. The molecule has 1 fully saturated rings. The largest absolute Gasteiger partial charge is 0.362 e. The van der Waals surface area contributed by atoms with Gasteiger partial charge in [-0.15, -0.1) is 6.58 Å². The number of sulfonamides is 1. The number of aryl methyl sites for hydroxylation is 1. The summed E-state index contributed by atoms with van der Waals surface area (Å²) in [6.45, 7) is 8.86. The summed E-state index contributed by atoms with van der Waals surface area (Å²) in [6.07, 6.45) is 4.08. The lowest BCUT2D eigenvalue weighted by Crippen LogP contribution is -2.37. The average molecular weight is 323 g/mol. The van der Waals surface area contributed by atoms with Gasteiger partial charge in [-0.3, -0.25) is 0 Å². The van der Waals surface area contributed by atoms with Crippen molar-refractivity contribution in [2.24, 2.45) is 5.92 Å². The lowest BCUT2D eigenvalue weighted by molar-refractivity contribution is -0.000261. The molecule has 0 aliphatic carbocycles. The first-order chi connectivity index (χ1) is 10.5. The van der Waals surface area contributed by atoms with Gasteiger partial charge in [-0.05, 0) is 37.8 Å². The standard InChI is InChI=1S/C17H25NO3S/c1-4-6-11-21-17-12-15(5-2)13-18(17)22(19,20)16-9-7-14(3)8-10-16/h5,7-10,15,17H,2,4,6,11-13H2,1,3H3. The van der Waals surface area contributed by atoms with Crippen LogP contribution in [0.3, 0.4) is 0 Å². The maximum absolute atomic E-state index is 12.9. The molecule has 4 nitrogen and oxygen atoms in total. The fourth-order valence-corrected chi connectivity index (χ4v) is 4.18. The molecule has 122 valence electrons. The van der Waals surface area contributed by atoms with Gasteiger partial charge in [-0.25, -0.2) is 8.42 Å². The minimum absolute atomic E-state index is 0.145. The SMILES string of the molecule is C=CC1CC(OCCCC)N(S(=O)(=O)c2ccc(C)cc2)C1. The molecular formula is C17H25NO3S. The summed E-state index contributed by atoms with van der Waals surface area (Å²) in [5, 5.41) is 0. The molecule has 2 rings (SSSR count). The van der Waals surface area contributed by atoms with Crippen LogP contribution in [0.5, 0.6) is 0 Å². The number of rotatable bonds is 7. The molecule has 0 radical (unpaired) electrons. The van der Waals surface area contributed by atoms with E-state index < -0.39 is 10.0 Å². The van der Waals surface area contributed by atoms with Crippen molar-refractivity contribution in [2.75, 3.05) is 13.2 Å². The third-order valence-electron chi connectivity index (χ3n) is 4.01. The molecule has 1 saturated heterocycles. The molecule has 1 heterocycles. The van der Waals surface area contributed by atoms with E-state index in [0.717, 1.165) is 18.4 Å². The van der Waals surface area contributed by atoms with Crippen molar-refractivity contribution in [3.8, 4) is 0 Å². The molecule has 0 bridgehead atoms. The molecule has 0 saturated carbocycles. The molecule has 2 atom stereocenters. The molecule has 0 spiro atoms. The number of nitrogens with zero attached hydrogens (tertiary/aromatic N) is 1. The van der Waals surface area contributed by atoms with E-state index in [2.05, 4.69) is 13.5 Å². The topological polar surface area (TPSA) is 46.6 Å². The Bertz CT molecular complexity index is 595. The minimum atomic E-state index is -3.52. The van der Waals surface area contributed by atoms with Crippen molar-refractivity contribution in [1.82, 2.24) is 4.31 Å². The van der Waals surface area contributed by atoms with Crippen molar-refractivity contribution < 1.29 is 13.2 Å². The minimum Gasteiger partial charge on any atom is -0.362 e. The van der Waals surface area contributed by atoms with Crippen LogP contribution in [0, 0.1) is 12.8 Å². The fraction of sp³-hybridized carbons (Fsp3) is 0.529. The van der Waals surface area contributed by atoms with Crippen LogP contribution >= 0.6 is 0 Å². The Morgan fingerprint density at radius 2 is 2.05 bits per heavy atom. The van der Waals surface area contributed by atoms with Crippen molar-refractivity contribution >= 4 is 10.0 Å². The second-order valence-electron chi connectivity index (χ2n) is 5.80. The van der Waals surface area contributed by atoms with E-state index in [-0.39, 0.29) is 12.1 Å². The van der Waals surface area contributed by atoms with Crippen LogP contribution in [0.2, 0.25) is 0 Å². The third-order valence-corrected chi connectivity index (χ3v) is 5.88. The zero-order valence-electron chi connectivity index (χ0n) is 13.4. The Morgan fingerprint density at radius 3 is 2.64 bits per heavy atom. The zero-order valence-corrected chi connectivity index (χ0v) is 14.2. The molecule has 1 aliphatic heterocycles. The Hall–Kier alpha value is -1.17. The van der Waals surface area contributed by atoms with Crippen molar-refractivity contribution in [2.45, 2.75) is 44.2 Å². The van der Waals surface area contributed by atoms with E-state index in [1.165, 1.54) is 4.31 Å². The number of ether oxygens (including phenoxy) is 1. The van der Waals surface area contributed by atoms with E-state index in [9.17, 15) is 8.42 Å². The van der Waals surface area contributed by atoms with Crippen molar-refractivity contribution in [1.29, 1.82) is 0 Å². The smallest absolute Gasteiger partial charge is 0.245 e. The van der Waals surface area contributed by atoms with Gasteiger partial charge in [0.05, 0.1) is 4.90 Å². The zero-order chi connectivity index (χ0) is 16.2. The number of benzene rings is 1. The highest BCUT2D eigenvalue weighted by molar-refractivity contribution is 7.89. The Balaban J connectivity index is 2.21. The molecular weight excluding hydrogens is 298 g/mol. The maximum atomic E-state index is 12.9. The lowest BCUT2D eigenvalue weighted by Gasteiger charge is -2.24. The van der Waals surface area contributed by atoms with Gasteiger partial charge >= 0.3 is 0 Å². The molecule has 5 heteroatoms. The second kappa shape index (κ2) is 7.40. The molecule has 22 heavy (non-hydrogen) atoms. The van der Waals surface area contributed by atoms with Gasteiger partial charge in [-0.1, -0.05) is 37.1 Å². The highest BCUT2D eigenvalue weighted by atomic mass is 32.2. The van der Waals surface area contributed by atoms with Crippen molar-refractivity contribution in [3.05, 3.63) is 42.5 Å². The first-order valence-corrected chi connectivity index (χ1v) is 9.25. The van der Waals surface area contributed by atoms with Gasteiger partial charge < -0.3 is 4.74 Å². The molecule has 0 aromatic heterocycles. The third kappa shape index (κ3) is 3.77. The van der Waals surface area contributed by atoms with Crippen LogP contribution in [-0.2, 0) is 14.8 Å². The molecule has 1 aromatic rings. The fourth-order valence-electron chi connectivity index (χ4n) is 2.58. The molecule has 1 aromatic carbocycles. The summed E-state index contributed by atoms with van der Waals surface area (Å²) in [5.41, 5.74) is 1.04. The molecule has 0 amide bonds. The highest BCUT2D eigenvalue weighted by Gasteiger charge is 2.39. The predicted octanol–water partition coefficient (Wildman–Crippen LogP) is 3.33. The van der Waals surface area contributed by atoms with E-state index >= 15 is 0 Å². The van der Waals surface area contributed by atoms with Gasteiger partial charge in [0.25, 0.3) is 0 Å². The monoisotopic (exact) mass is 323 g/mol. The van der Waals surface area contributed by atoms with Crippen LogP contribution in [0.25, 0.3) is 0 Å². The molecule has 0 N–H and O–H groups in total. The normalized spacial score (nSPS) is 22.8. The van der Waals surface area contributed by atoms with E-state index in [1.54, 1.807) is 12.1 Å². The molecule has 2 unspecified atom stereocenters. The summed E-state index contributed by atoms with van der Waals surface area (Å²) >= 11 is 0. The summed E-state index contributed by atoms with van der Waals surface area (Å²) in [5.74, 6) is 0.145. The Kier molecular flexibility index (Phi) is 5.78. The van der Waals surface area contributed by atoms with Crippen LogP contribution in [-0.4, -0.2) is 32.1 Å². The van der Waals surface area contributed by atoms with Crippen LogP contribution in [0.15, 0.2) is 41.8 Å². The number of hydrogen-bond acceptors (Lipinski definition) is 3. The lowest BCUT2D eigenvalue weighted by atomic mass is 10.1. The summed E-state index contributed by atoms with van der Waals surface area (Å²) in [7, 11) is -3.52. The van der Waals surface area contributed by atoms with Gasteiger partial charge in [0, 0.05) is 13.2 Å². The maximum Gasteiger partial charge on any atom is 0.245 e. The highest BCUT2D eigenvalue weighted by Crippen LogP contribution is 2.31. The molecule has 1 aliphatic rings. The van der Waals surface area contributed by atoms with E-state index in [4.69, 9.17) is 4.74 Å². The van der Waals surface area contributed by atoms with E-state index in [1.807, 2.05) is 25.1 Å². The van der Waals surface area contributed by atoms with Crippen LogP contribution in [0.4, 0.5) is 0 Å². The van der Waals surface area contributed by atoms with Gasteiger partial charge in [0.2, 0.25) is 10.0 Å². The first-order valence-electron chi connectivity index (χ1n) is 7.81. The van der Waals surface area contributed by atoms with Gasteiger partial charge in [-0.2, -0.15) is 4.31 Å². The Labute approximate surface area is 133 Å². The summed E-state index contributed by atoms with van der Waals surface area (Å²) in [6, 6.07) is 6.96. The first kappa shape index (κ1) is 17.2. The quantitative estimate of drug-likeness (QED) is 0.571. The van der Waals surface area contributed by atoms with Crippen LogP contribution in [0.1, 0.15) is 31.7 Å². The predicted molar refractivity (Wildman–Crippen MR) is 88.0 cm³/mol. The van der Waals surface area contributed by atoms with Crippen molar-refractivity contribution in [3.63, 3.8) is 0 Å². The summed E-state index contributed by atoms with van der Waals surface area (Å²) in [4.78, 5) is 0.326. The number of hydrogen-bond donors (Lipinski definition) is 0. The summed E-state index contributed by atoms with van der Waals surface area (Å²) < 4.78 is 33.0. The van der Waals surface area contributed by atoms with Gasteiger partial charge in [0.15, 0.2) is 0 Å². The average Bonchev–Trinajstić information content (AvgIpc) is 2.92.